The van der Waals surface area contributed by atoms with Gasteiger partial charge in [0.2, 0.25) is 0 Å². The summed E-state index contributed by atoms with van der Waals surface area (Å²) in [5, 5.41) is 11.1. The fraction of sp³-hybridized carbons (Fsp3) is 0.130. The van der Waals surface area contributed by atoms with Crippen LogP contribution in [-0.4, -0.2) is 38.8 Å². The van der Waals surface area contributed by atoms with E-state index in [9.17, 15) is 14.7 Å². The van der Waals surface area contributed by atoms with Crippen LogP contribution in [-0.2, 0) is 16.1 Å². The van der Waals surface area contributed by atoms with E-state index in [2.05, 4.69) is 25.9 Å². The van der Waals surface area contributed by atoms with Crippen LogP contribution in [0.2, 0.25) is 0 Å². The van der Waals surface area contributed by atoms with Crippen molar-refractivity contribution < 1.29 is 19.4 Å². The van der Waals surface area contributed by atoms with E-state index < -0.39 is 17.7 Å². The predicted molar refractivity (Wildman–Crippen MR) is 117 cm³/mol. The van der Waals surface area contributed by atoms with E-state index >= 15 is 0 Å². The van der Waals surface area contributed by atoms with Crippen molar-refractivity contribution in [2.24, 2.45) is 0 Å². The van der Waals surface area contributed by atoms with Gasteiger partial charge in [-0.2, -0.15) is 0 Å². The third-order valence-electron chi connectivity index (χ3n) is 5.04. The molecule has 0 bridgehead atoms. The van der Waals surface area contributed by atoms with Crippen LogP contribution >= 0.6 is 15.9 Å². The standard InChI is InChI=1S/C23H18BrN3O4/c1-31-18-6-5-15(12-16(18)24)21(28)19-20(17-4-2-3-9-26-17)27(23(30)22(19)29)13-14-7-10-25-11-8-14/h2-12,20,28H,13H2,1H3/b21-19-. The topological polar surface area (TPSA) is 92.6 Å². The summed E-state index contributed by atoms with van der Waals surface area (Å²) in [6.07, 6.45) is 4.83. The lowest BCUT2D eigenvalue weighted by Crippen LogP contribution is -2.29. The second-order valence-corrected chi connectivity index (χ2v) is 7.74. The minimum absolute atomic E-state index is 0.00479. The fourth-order valence-electron chi connectivity index (χ4n) is 3.54. The summed E-state index contributed by atoms with van der Waals surface area (Å²) < 4.78 is 5.84. The zero-order valence-corrected chi connectivity index (χ0v) is 18.1. The van der Waals surface area contributed by atoms with E-state index in [0.29, 0.717) is 21.5 Å². The van der Waals surface area contributed by atoms with E-state index in [1.165, 1.54) is 12.0 Å². The Hall–Kier alpha value is -3.52. The Morgan fingerprint density at radius 2 is 1.90 bits per heavy atom. The molecule has 7 nitrogen and oxygen atoms in total. The highest BCUT2D eigenvalue weighted by atomic mass is 79.9. The number of hydrogen-bond acceptors (Lipinski definition) is 6. The van der Waals surface area contributed by atoms with Crippen molar-refractivity contribution in [1.82, 2.24) is 14.9 Å². The van der Waals surface area contributed by atoms with Crippen molar-refractivity contribution in [2.45, 2.75) is 12.6 Å². The van der Waals surface area contributed by atoms with Gasteiger partial charge in [0.25, 0.3) is 11.7 Å². The highest BCUT2D eigenvalue weighted by Crippen LogP contribution is 2.40. The minimum Gasteiger partial charge on any atom is -0.507 e. The average molecular weight is 480 g/mol. The number of aliphatic hydroxyl groups excluding tert-OH is 1. The molecule has 3 aromatic rings. The monoisotopic (exact) mass is 479 g/mol. The van der Waals surface area contributed by atoms with Gasteiger partial charge in [-0.05, 0) is 64.0 Å². The molecule has 1 amide bonds. The molecule has 0 radical (unpaired) electrons. The Bertz CT molecular complexity index is 1170. The summed E-state index contributed by atoms with van der Waals surface area (Å²) >= 11 is 3.39. The number of Topliss-reactive ketones (excluding diaryl/α,β-unsaturated/α-hetero) is 1. The average Bonchev–Trinajstić information content (AvgIpc) is 3.04. The fourth-order valence-corrected chi connectivity index (χ4v) is 4.08. The van der Waals surface area contributed by atoms with E-state index in [1.807, 2.05) is 0 Å². The van der Waals surface area contributed by atoms with Crippen LogP contribution in [0.5, 0.6) is 5.75 Å². The second-order valence-electron chi connectivity index (χ2n) is 6.89. The Kier molecular flexibility index (Phi) is 5.81. The van der Waals surface area contributed by atoms with Crippen LogP contribution in [0.15, 0.2) is 77.2 Å². The zero-order valence-electron chi connectivity index (χ0n) is 16.5. The number of pyridine rings is 2. The van der Waals surface area contributed by atoms with Crippen LogP contribution in [0, 0.1) is 0 Å². The second kappa shape index (κ2) is 8.69. The van der Waals surface area contributed by atoms with Gasteiger partial charge in [0.15, 0.2) is 0 Å². The summed E-state index contributed by atoms with van der Waals surface area (Å²) in [6, 6.07) is 12.9. The number of benzene rings is 1. The van der Waals surface area contributed by atoms with E-state index in [1.54, 1.807) is 67.1 Å². The summed E-state index contributed by atoms with van der Waals surface area (Å²) in [5.74, 6) is -1.14. The number of hydrogen-bond donors (Lipinski definition) is 1. The lowest BCUT2D eigenvalue weighted by molar-refractivity contribution is -0.140. The van der Waals surface area contributed by atoms with Gasteiger partial charge in [-0.3, -0.25) is 19.6 Å². The Morgan fingerprint density at radius 3 is 2.55 bits per heavy atom. The lowest BCUT2D eigenvalue weighted by atomic mass is 9.98. The van der Waals surface area contributed by atoms with Crippen molar-refractivity contribution in [3.05, 3.63) is 94.0 Å². The maximum atomic E-state index is 13.0. The van der Waals surface area contributed by atoms with Gasteiger partial charge in [0.05, 0.1) is 22.8 Å². The third kappa shape index (κ3) is 3.94. The molecule has 3 heterocycles. The van der Waals surface area contributed by atoms with Gasteiger partial charge in [-0.1, -0.05) is 6.07 Å². The van der Waals surface area contributed by atoms with Gasteiger partial charge >= 0.3 is 0 Å². The molecule has 8 heteroatoms. The highest BCUT2D eigenvalue weighted by molar-refractivity contribution is 9.10. The van der Waals surface area contributed by atoms with Crippen molar-refractivity contribution in [2.75, 3.05) is 7.11 Å². The first-order chi connectivity index (χ1) is 15.0. The molecule has 1 aromatic carbocycles. The van der Waals surface area contributed by atoms with Crippen molar-refractivity contribution in [3.8, 4) is 5.75 Å². The summed E-state index contributed by atoms with van der Waals surface area (Å²) in [4.78, 5) is 35.8. The number of ketones is 1. The maximum Gasteiger partial charge on any atom is 0.296 e. The Morgan fingerprint density at radius 1 is 1.13 bits per heavy atom. The summed E-state index contributed by atoms with van der Waals surface area (Å²) in [6.45, 7) is 0.178. The molecule has 1 N–H and O–H groups in total. The number of carbonyl (C=O) groups is 2. The van der Waals surface area contributed by atoms with Crippen molar-refractivity contribution in [1.29, 1.82) is 0 Å². The molecule has 31 heavy (non-hydrogen) atoms. The van der Waals surface area contributed by atoms with Crippen LogP contribution < -0.4 is 4.74 Å². The molecule has 4 rings (SSSR count). The molecule has 0 saturated carbocycles. The lowest BCUT2D eigenvalue weighted by Gasteiger charge is -2.24. The summed E-state index contributed by atoms with van der Waals surface area (Å²) in [7, 11) is 1.53. The van der Waals surface area contributed by atoms with Crippen LogP contribution in [0.25, 0.3) is 5.76 Å². The molecule has 1 fully saturated rings. The number of aromatic nitrogens is 2. The van der Waals surface area contributed by atoms with Crippen molar-refractivity contribution in [3.63, 3.8) is 0 Å². The number of aliphatic hydroxyl groups is 1. The molecule has 1 unspecified atom stereocenters. The SMILES string of the molecule is COc1ccc(/C(O)=C2/C(=O)C(=O)N(Cc3ccncc3)C2c2ccccn2)cc1Br. The molecule has 1 aliphatic heterocycles. The van der Waals surface area contributed by atoms with Crippen LogP contribution in [0.4, 0.5) is 0 Å². The van der Waals surface area contributed by atoms with Gasteiger partial charge in [-0.25, -0.2) is 0 Å². The number of likely N-dealkylation sites (tertiary alicyclic amines) is 1. The molecule has 1 atom stereocenters. The Labute approximate surface area is 187 Å². The molecule has 1 aliphatic rings. The molecule has 0 aliphatic carbocycles. The molecule has 1 saturated heterocycles. The maximum absolute atomic E-state index is 13.0. The van der Waals surface area contributed by atoms with Crippen LogP contribution in [0.3, 0.4) is 0 Å². The molecular formula is C23H18BrN3O4. The largest absolute Gasteiger partial charge is 0.507 e. The van der Waals surface area contributed by atoms with Crippen molar-refractivity contribution >= 4 is 33.4 Å². The first-order valence-corrected chi connectivity index (χ1v) is 10.2. The smallest absolute Gasteiger partial charge is 0.296 e. The number of ether oxygens (including phenoxy) is 1. The Balaban J connectivity index is 1.85. The number of rotatable bonds is 5. The van der Waals surface area contributed by atoms with Gasteiger partial charge < -0.3 is 14.7 Å². The summed E-state index contributed by atoms with van der Waals surface area (Å²) in [5.41, 5.74) is 1.68. The van der Waals surface area contributed by atoms with E-state index in [4.69, 9.17) is 4.74 Å². The number of halogens is 1. The highest BCUT2D eigenvalue weighted by Gasteiger charge is 2.46. The number of methoxy groups -OCH3 is 1. The van der Waals surface area contributed by atoms with Crippen LogP contribution in [0.1, 0.15) is 22.9 Å². The predicted octanol–water partition coefficient (Wildman–Crippen LogP) is 3.87. The van der Waals surface area contributed by atoms with Gasteiger partial charge in [-0.15, -0.1) is 0 Å². The first-order valence-electron chi connectivity index (χ1n) is 9.43. The number of carbonyl (C=O) groups excluding carboxylic acids is 2. The molecule has 156 valence electrons. The van der Waals surface area contributed by atoms with Gasteiger partial charge in [0, 0.05) is 30.7 Å². The quantitative estimate of drug-likeness (QED) is 0.339. The zero-order chi connectivity index (χ0) is 22.0. The molecule has 0 spiro atoms. The van der Waals surface area contributed by atoms with E-state index in [-0.39, 0.29) is 17.9 Å². The normalized spacial score (nSPS) is 17.7. The first kappa shape index (κ1) is 20.7. The van der Waals surface area contributed by atoms with E-state index in [0.717, 1.165) is 5.56 Å². The minimum atomic E-state index is -0.824. The molecular weight excluding hydrogens is 462 g/mol. The van der Waals surface area contributed by atoms with Gasteiger partial charge in [0.1, 0.15) is 17.6 Å². The molecule has 2 aromatic heterocycles. The number of nitrogens with zero attached hydrogens (tertiary/aromatic N) is 3. The third-order valence-corrected chi connectivity index (χ3v) is 5.66. The number of amides is 1.